The molecular weight excluding hydrogens is 230 g/mol. The zero-order chi connectivity index (χ0) is 11.9. The lowest BCUT2D eigenvalue weighted by molar-refractivity contribution is 0.480. The molecule has 0 amide bonds. The van der Waals surface area contributed by atoms with Crippen molar-refractivity contribution in [3.8, 4) is 0 Å². The first kappa shape index (κ1) is 12.3. The van der Waals surface area contributed by atoms with Gasteiger partial charge in [-0.2, -0.15) is 11.3 Å². The Labute approximate surface area is 106 Å². The summed E-state index contributed by atoms with van der Waals surface area (Å²) in [4.78, 5) is 7.56. The second-order valence-electron chi connectivity index (χ2n) is 4.15. The van der Waals surface area contributed by atoms with Crippen molar-refractivity contribution in [3.05, 3.63) is 40.6 Å². The van der Waals surface area contributed by atoms with Crippen molar-refractivity contribution in [3.63, 3.8) is 0 Å². The fourth-order valence-corrected chi connectivity index (χ4v) is 2.57. The van der Waals surface area contributed by atoms with E-state index < -0.39 is 0 Å². The molecule has 2 heterocycles. The number of nitrogens with zero attached hydrogens (tertiary/aromatic N) is 1. The molecule has 1 unspecified atom stereocenters. The van der Waals surface area contributed by atoms with Crippen LogP contribution >= 0.6 is 11.3 Å². The highest BCUT2D eigenvalue weighted by molar-refractivity contribution is 7.07. The van der Waals surface area contributed by atoms with Gasteiger partial charge in [-0.1, -0.05) is 6.92 Å². The number of thiophene rings is 1. The van der Waals surface area contributed by atoms with Crippen LogP contribution in [0.1, 0.15) is 37.2 Å². The van der Waals surface area contributed by atoms with Crippen molar-refractivity contribution in [2.45, 2.75) is 32.2 Å². The Kier molecular flexibility index (Phi) is 4.76. The number of H-pyrrole nitrogens is 1. The normalized spacial score (nSPS) is 12.8. The minimum atomic E-state index is 0.338. The van der Waals surface area contributed by atoms with E-state index in [0.29, 0.717) is 6.04 Å². The minimum absolute atomic E-state index is 0.338. The van der Waals surface area contributed by atoms with E-state index in [1.54, 1.807) is 11.3 Å². The average Bonchev–Trinajstić information content (AvgIpc) is 3.01. The molecule has 0 radical (unpaired) electrons. The second kappa shape index (κ2) is 6.57. The number of aryl methyl sites for hydroxylation is 1. The van der Waals surface area contributed by atoms with Crippen LogP contribution in [-0.2, 0) is 6.42 Å². The van der Waals surface area contributed by atoms with Crippen LogP contribution in [0.3, 0.4) is 0 Å². The van der Waals surface area contributed by atoms with Gasteiger partial charge in [0.05, 0.1) is 6.04 Å². The topological polar surface area (TPSA) is 40.7 Å². The third-order valence-electron chi connectivity index (χ3n) is 2.79. The van der Waals surface area contributed by atoms with E-state index in [1.807, 2.05) is 12.4 Å². The average molecular weight is 249 g/mol. The van der Waals surface area contributed by atoms with Crippen LogP contribution in [0.15, 0.2) is 29.2 Å². The molecule has 92 valence electrons. The summed E-state index contributed by atoms with van der Waals surface area (Å²) in [6, 6.07) is 2.54. The maximum atomic E-state index is 4.35. The maximum Gasteiger partial charge on any atom is 0.123 e. The van der Waals surface area contributed by atoms with Crippen molar-refractivity contribution in [1.82, 2.24) is 15.3 Å². The number of hydrogen-bond acceptors (Lipinski definition) is 3. The fraction of sp³-hybridized carbons (Fsp3) is 0.462. The smallest absolute Gasteiger partial charge is 0.123 e. The molecule has 2 aromatic rings. The summed E-state index contributed by atoms with van der Waals surface area (Å²) in [5, 5.41) is 7.90. The quantitative estimate of drug-likeness (QED) is 0.791. The molecule has 0 saturated carbocycles. The summed E-state index contributed by atoms with van der Waals surface area (Å²) in [5.74, 6) is 1.05. The van der Waals surface area contributed by atoms with Gasteiger partial charge in [0, 0.05) is 12.4 Å². The number of hydrogen-bond donors (Lipinski definition) is 2. The third kappa shape index (κ3) is 3.68. The summed E-state index contributed by atoms with van der Waals surface area (Å²) in [6.07, 6.45) is 7.05. The summed E-state index contributed by atoms with van der Waals surface area (Å²) in [6.45, 7) is 3.22. The van der Waals surface area contributed by atoms with Gasteiger partial charge >= 0.3 is 0 Å². The van der Waals surface area contributed by atoms with Crippen LogP contribution in [-0.4, -0.2) is 16.5 Å². The monoisotopic (exact) mass is 249 g/mol. The number of rotatable bonds is 7. The highest BCUT2D eigenvalue weighted by Crippen LogP contribution is 2.17. The van der Waals surface area contributed by atoms with E-state index in [-0.39, 0.29) is 0 Å². The molecule has 0 saturated heterocycles. The van der Waals surface area contributed by atoms with Crippen molar-refractivity contribution >= 4 is 11.3 Å². The first-order chi connectivity index (χ1) is 8.40. The van der Waals surface area contributed by atoms with Crippen molar-refractivity contribution < 1.29 is 0 Å². The van der Waals surface area contributed by atoms with Gasteiger partial charge in [0.2, 0.25) is 0 Å². The first-order valence-electron chi connectivity index (χ1n) is 6.14. The van der Waals surface area contributed by atoms with Gasteiger partial charge in [0.25, 0.3) is 0 Å². The molecule has 0 aliphatic carbocycles. The van der Waals surface area contributed by atoms with E-state index in [2.05, 4.69) is 39.0 Å². The van der Waals surface area contributed by atoms with E-state index >= 15 is 0 Å². The number of imidazole rings is 1. The molecular formula is C13H19N3S. The molecule has 1 atom stereocenters. The zero-order valence-corrected chi connectivity index (χ0v) is 11.0. The van der Waals surface area contributed by atoms with Crippen LogP contribution < -0.4 is 5.32 Å². The van der Waals surface area contributed by atoms with Gasteiger partial charge in [-0.25, -0.2) is 4.98 Å². The molecule has 17 heavy (non-hydrogen) atoms. The molecule has 4 heteroatoms. The molecule has 0 spiro atoms. The molecule has 0 bridgehead atoms. The predicted octanol–water partition coefficient (Wildman–Crippen LogP) is 3.14. The Hall–Kier alpha value is -1.13. The Bertz CT molecular complexity index is 394. The molecule has 0 fully saturated rings. The summed E-state index contributed by atoms with van der Waals surface area (Å²) < 4.78 is 0. The zero-order valence-electron chi connectivity index (χ0n) is 10.1. The Balaban J connectivity index is 1.91. The lowest BCUT2D eigenvalue weighted by Crippen LogP contribution is -2.23. The summed E-state index contributed by atoms with van der Waals surface area (Å²) in [5.41, 5.74) is 1.42. The third-order valence-corrected chi connectivity index (χ3v) is 3.52. The molecule has 0 aromatic carbocycles. The standard InChI is InChI=1S/C13H19N3S/c1-2-6-14-12(13-15-7-8-16-13)4-3-11-5-9-17-10-11/h5,7-10,12,14H,2-4,6H2,1H3,(H,15,16). The van der Waals surface area contributed by atoms with Gasteiger partial charge in [0.15, 0.2) is 0 Å². The van der Waals surface area contributed by atoms with E-state index in [1.165, 1.54) is 5.56 Å². The van der Waals surface area contributed by atoms with Crippen molar-refractivity contribution in [2.24, 2.45) is 0 Å². The molecule has 2 aromatic heterocycles. The molecule has 2 rings (SSSR count). The van der Waals surface area contributed by atoms with E-state index in [0.717, 1.165) is 31.6 Å². The van der Waals surface area contributed by atoms with Crippen molar-refractivity contribution in [2.75, 3.05) is 6.54 Å². The van der Waals surface area contributed by atoms with Gasteiger partial charge < -0.3 is 10.3 Å². The molecule has 0 aliphatic heterocycles. The van der Waals surface area contributed by atoms with Gasteiger partial charge in [-0.3, -0.25) is 0 Å². The molecule has 0 aliphatic rings. The van der Waals surface area contributed by atoms with Crippen molar-refractivity contribution in [1.29, 1.82) is 0 Å². The van der Waals surface area contributed by atoms with Crippen LogP contribution in [0.4, 0.5) is 0 Å². The summed E-state index contributed by atoms with van der Waals surface area (Å²) in [7, 11) is 0. The van der Waals surface area contributed by atoms with Gasteiger partial charge in [-0.15, -0.1) is 0 Å². The summed E-state index contributed by atoms with van der Waals surface area (Å²) >= 11 is 1.76. The van der Waals surface area contributed by atoms with Crippen LogP contribution in [0.5, 0.6) is 0 Å². The number of aromatic amines is 1. The largest absolute Gasteiger partial charge is 0.347 e. The Morgan fingerprint density at radius 3 is 3.12 bits per heavy atom. The van der Waals surface area contributed by atoms with Crippen LogP contribution in [0.2, 0.25) is 0 Å². The second-order valence-corrected chi connectivity index (χ2v) is 4.93. The van der Waals surface area contributed by atoms with Gasteiger partial charge in [0.1, 0.15) is 5.82 Å². The van der Waals surface area contributed by atoms with E-state index in [9.17, 15) is 0 Å². The molecule has 3 nitrogen and oxygen atoms in total. The van der Waals surface area contributed by atoms with Crippen LogP contribution in [0.25, 0.3) is 0 Å². The molecule has 2 N–H and O–H groups in total. The van der Waals surface area contributed by atoms with Crippen LogP contribution in [0, 0.1) is 0 Å². The SMILES string of the molecule is CCCNC(CCc1ccsc1)c1ncc[nH]1. The Morgan fingerprint density at radius 2 is 2.47 bits per heavy atom. The van der Waals surface area contributed by atoms with Gasteiger partial charge in [-0.05, 0) is 48.2 Å². The first-order valence-corrected chi connectivity index (χ1v) is 7.08. The minimum Gasteiger partial charge on any atom is -0.347 e. The fourth-order valence-electron chi connectivity index (χ4n) is 1.87. The lowest BCUT2D eigenvalue weighted by atomic mass is 10.1. The predicted molar refractivity (Wildman–Crippen MR) is 72.3 cm³/mol. The maximum absolute atomic E-state index is 4.35. The Morgan fingerprint density at radius 1 is 1.53 bits per heavy atom. The van der Waals surface area contributed by atoms with E-state index in [4.69, 9.17) is 0 Å². The highest BCUT2D eigenvalue weighted by atomic mass is 32.1. The number of aromatic nitrogens is 2. The number of nitrogens with one attached hydrogen (secondary N) is 2. The lowest BCUT2D eigenvalue weighted by Gasteiger charge is -2.15. The highest BCUT2D eigenvalue weighted by Gasteiger charge is 2.12.